The quantitative estimate of drug-likeness (QED) is 0.577. The van der Waals surface area contributed by atoms with E-state index >= 15 is 0 Å². The molecule has 2 aliphatic rings. The highest BCUT2D eigenvalue weighted by atomic mass is 17.2. The standard InChI is InChI=1S/C24H24O6/c1-15(2)17-6-4-16(5-7-17)14-20-22(21-12-13-28-30-21)23(25)29-24(20,26)18-8-10-19(27-3)11-9-18/h4-12,15,26H,13-14H2,1-3H3. The van der Waals surface area contributed by atoms with E-state index in [9.17, 15) is 9.90 Å². The summed E-state index contributed by atoms with van der Waals surface area (Å²) in [5.41, 5.74) is 3.19. The lowest BCUT2D eigenvalue weighted by atomic mass is 9.89. The van der Waals surface area contributed by atoms with E-state index in [0.717, 1.165) is 5.56 Å². The number of carbonyl (C=O) groups is 1. The van der Waals surface area contributed by atoms with E-state index in [0.29, 0.717) is 29.2 Å². The van der Waals surface area contributed by atoms with E-state index in [4.69, 9.17) is 19.2 Å². The van der Waals surface area contributed by atoms with Gasteiger partial charge in [-0.25, -0.2) is 4.79 Å². The first-order chi connectivity index (χ1) is 14.4. The van der Waals surface area contributed by atoms with Crippen LogP contribution in [-0.2, 0) is 31.5 Å². The Morgan fingerprint density at radius 3 is 2.37 bits per heavy atom. The lowest BCUT2D eigenvalue weighted by molar-refractivity contribution is -0.231. The number of carbonyl (C=O) groups excluding carboxylic acids is 1. The van der Waals surface area contributed by atoms with Crippen molar-refractivity contribution in [2.24, 2.45) is 0 Å². The molecule has 0 aliphatic carbocycles. The average Bonchev–Trinajstić information content (AvgIpc) is 3.35. The molecule has 0 spiro atoms. The van der Waals surface area contributed by atoms with Crippen LogP contribution in [0.1, 0.15) is 36.5 Å². The fourth-order valence-corrected chi connectivity index (χ4v) is 3.66. The van der Waals surface area contributed by atoms with Crippen molar-refractivity contribution < 1.29 is 29.1 Å². The minimum atomic E-state index is -1.91. The normalized spacial score (nSPS) is 21.0. The van der Waals surface area contributed by atoms with Crippen LogP contribution < -0.4 is 4.74 Å². The maximum Gasteiger partial charge on any atom is 0.345 e. The van der Waals surface area contributed by atoms with Crippen molar-refractivity contribution in [2.45, 2.75) is 32.0 Å². The molecule has 0 saturated carbocycles. The first-order valence-corrected chi connectivity index (χ1v) is 9.85. The van der Waals surface area contributed by atoms with Crippen LogP contribution in [0.2, 0.25) is 0 Å². The number of methoxy groups -OCH3 is 1. The highest BCUT2D eigenvalue weighted by molar-refractivity contribution is 5.97. The van der Waals surface area contributed by atoms with Gasteiger partial charge >= 0.3 is 5.97 Å². The third-order valence-electron chi connectivity index (χ3n) is 5.40. The lowest BCUT2D eigenvalue weighted by Crippen LogP contribution is -2.29. The molecule has 2 heterocycles. The summed E-state index contributed by atoms with van der Waals surface area (Å²) in [7, 11) is 1.56. The van der Waals surface area contributed by atoms with Crippen LogP contribution >= 0.6 is 0 Å². The van der Waals surface area contributed by atoms with E-state index in [1.165, 1.54) is 5.56 Å². The van der Waals surface area contributed by atoms with Crippen LogP contribution in [-0.4, -0.2) is 24.8 Å². The largest absolute Gasteiger partial charge is 0.497 e. The fraction of sp³-hybridized carbons (Fsp3) is 0.292. The zero-order chi connectivity index (χ0) is 21.3. The van der Waals surface area contributed by atoms with Gasteiger partial charge in [-0.3, -0.25) is 0 Å². The average molecular weight is 408 g/mol. The van der Waals surface area contributed by atoms with Crippen molar-refractivity contribution >= 4 is 5.97 Å². The molecule has 0 saturated heterocycles. The van der Waals surface area contributed by atoms with E-state index < -0.39 is 11.8 Å². The number of aliphatic hydroxyl groups is 1. The van der Waals surface area contributed by atoms with Crippen LogP contribution in [0.25, 0.3) is 0 Å². The van der Waals surface area contributed by atoms with E-state index in [1.807, 2.05) is 12.1 Å². The fourth-order valence-electron chi connectivity index (χ4n) is 3.66. The monoisotopic (exact) mass is 408 g/mol. The van der Waals surface area contributed by atoms with Crippen molar-refractivity contribution in [2.75, 3.05) is 13.7 Å². The lowest BCUT2D eigenvalue weighted by Gasteiger charge is -2.26. The molecule has 2 aromatic carbocycles. The van der Waals surface area contributed by atoms with Gasteiger partial charge in [0.15, 0.2) is 5.76 Å². The SMILES string of the molecule is COc1ccc(C2(O)OC(=O)C(C3=CCOO3)=C2Cc2ccc(C(C)C)cc2)cc1. The molecule has 0 aromatic heterocycles. The van der Waals surface area contributed by atoms with Gasteiger partial charge in [0.1, 0.15) is 17.9 Å². The maximum absolute atomic E-state index is 12.8. The number of cyclic esters (lactones) is 1. The summed E-state index contributed by atoms with van der Waals surface area (Å²) in [5.74, 6) is -1.26. The summed E-state index contributed by atoms with van der Waals surface area (Å²) >= 11 is 0. The van der Waals surface area contributed by atoms with Crippen LogP contribution in [0.4, 0.5) is 0 Å². The molecule has 1 atom stereocenters. The summed E-state index contributed by atoms with van der Waals surface area (Å²) < 4.78 is 10.7. The van der Waals surface area contributed by atoms with Crippen LogP contribution in [0.15, 0.2) is 71.5 Å². The molecule has 2 aliphatic heterocycles. The summed E-state index contributed by atoms with van der Waals surface area (Å²) in [6.45, 7) is 4.49. The Labute approximate surface area is 175 Å². The number of benzene rings is 2. The number of ether oxygens (including phenoxy) is 2. The molecule has 2 aromatic rings. The Hall–Kier alpha value is -3.09. The molecule has 0 radical (unpaired) electrons. The second kappa shape index (κ2) is 7.97. The predicted octanol–water partition coefficient (Wildman–Crippen LogP) is 3.91. The summed E-state index contributed by atoms with van der Waals surface area (Å²) in [5, 5.41) is 11.5. The van der Waals surface area contributed by atoms with Gasteiger partial charge in [-0.15, -0.1) is 0 Å². The number of rotatable bonds is 6. The van der Waals surface area contributed by atoms with Crippen LogP contribution in [0.5, 0.6) is 5.75 Å². The van der Waals surface area contributed by atoms with Crippen LogP contribution in [0, 0.1) is 0 Å². The topological polar surface area (TPSA) is 74.2 Å². The second-order valence-corrected chi connectivity index (χ2v) is 7.62. The van der Waals surface area contributed by atoms with Crippen molar-refractivity contribution in [3.8, 4) is 5.75 Å². The van der Waals surface area contributed by atoms with E-state index in [2.05, 4.69) is 26.0 Å². The zero-order valence-electron chi connectivity index (χ0n) is 17.2. The highest BCUT2D eigenvalue weighted by Gasteiger charge is 2.49. The summed E-state index contributed by atoms with van der Waals surface area (Å²) in [6.07, 6.45) is 1.96. The zero-order valence-corrected chi connectivity index (χ0v) is 17.2. The Kier molecular flexibility index (Phi) is 5.37. The van der Waals surface area contributed by atoms with Gasteiger partial charge in [-0.05, 0) is 47.4 Å². The summed E-state index contributed by atoms with van der Waals surface area (Å²) in [4.78, 5) is 22.9. The van der Waals surface area contributed by atoms with Crippen molar-refractivity contribution in [3.63, 3.8) is 0 Å². The van der Waals surface area contributed by atoms with Gasteiger partial charge in [0, 0.05) is 17.6 Å². The number of hydrogen-bond donors (Lipinski definition) is 1. The third-order valence-corrected chi connectivity index (χ3v) is 5.40. The van der Waals surface area contributed by atoms with Gasteiger partial charge in [-0.1, -0.05) is 38.1 Å². The first-order valence-electron chi connectivity index (χ1n) is 9.85. The Morgan fingerprint density at radius 2 is 1.80 bits per heavy atom. The van der Waals surface area contributed by atoms with Crippen molar-refractivity contribution in [1.82, 2.24) is 0 Å². The van der Waals surface area contributed by atoms with Crippen molar-refractivity contribution in [1.29, 1.82) is 0 Å². The molecule has 156 valence electrons. The minimum absolute atomic E-state index is 0.193. The third kappa shape index (κ3) is 3.60. The van der Waals surface area contributed by atoms with Gasteiger partial charge in [-0.2, -0.15) is 4.89 Å². The van der Waals surface area contributed by atoms with E-state index in [-0.39, 0.29) is 17.9 Å². The molecule has 4 rings (SSSR count). The van der Waals surface area contributed by atoms with Crippen LogP contribution in [0.3, 0.4) is 0 Å². The van der Waals surface area contributed by atoms with Crippen molar-refractivity contribution in [3.05, 3.63) is 88.2 Å². The Balaban J connectivity index is 1.78. The first kappa shape index (κ1) is 20.2. The Bertz CT molecular complexity index is 1000. The van der Waals surface area contributed by atoms with Gasteiger partial charge in [0.05, 0.1) is 7.11 Å². The molecule has 1 N–H and O–H groups in total. The molecule has 0 fully saturated rings. The maximum atomic E-state index is 12.8. The molecular weight excluding hydrogens is 384 g/mol. The van der Waals surface area contributed by atoms with Gasteiger partial charge in [0.2, 0.25) is 0 Å². The Morgan fingerprint density at radius 1 is 1.10 bits per heavy atom. The molecule has 30 heavy (non-hydrogen) atoms. The minimum Gasteiger partial charge on any atom is -0.497 e. The number of hydrogen-bond acceptors (Lipinski definition) is 6. The molecule has 6 nitrogen and oxygen atoms in total. The van der Waals surface area contributed by atoms with Gasteiger partial charge in [0.25, 0.3) is 5.79 Å². The smallest absolute Gasteiger partial charge is 0.345 e. The molecular formula is C24H24O6. The van der Waals surface area contributed by atoms with Gasteiger partial charge < -0.3 is 19.5 Å². The number of esters is 1. The summed E-state index contributed by atoms with van der Waals surface area (Å²) in [6, 6.07) is 14.9. The molecule has 6 heteroatoms. The molecule has 1 unspecified atom stereocenters. The molecule has 0 amide bonds. The van der Waals surface area contributed by atoms with E-state index in [1.54, 1.807) is 37.5 Å². The highest BCUT2D eigenvalue weighted by Crippen LogP contribution is 2.44. The second-order valence-electron chi connectivity index (χ2n) is 7.62. The molecule has 0 bridgehead atoms. The predicted molar refractivity (Wildman–Crippen MR) is 109 cm³/mol.